The summed E-state index contributed by atoms with van der Waals surface area (Å²) in [5.74, 6) is -0.598. The lowest BCUT2D eigenvalue weighted by atomic mass is 10.2. The zero-order valence-electron chi connectivity index (χ0n) is 13.6. The Morgan fingerprint density at radius 1 is 1.00 bits per heavy atom. The molecule has 0 saturated heterocycles. The number of hydrogen-bond donors (Lipinski definition) is 3. The highest BCUT2D eigenvalue weighted by atomic mass is 32.2. The van der Waals surface area contributed by atoms with Gasteiger partial charge in [0.15, 0.2) is 0 Å². The number of carbonyl (C=O) groups excluding carboxylic acids is 2. The van der Waals surface area contributed by atoms with E-state index in [-0.39, 0.29) is 21.9 Å². The number of carbonyl (C=O) groups is 2. The molecule has 0 aliphatic rings. The van der Waals surface area contributed by atoms with Gasteiger partial charge in [-0.25, -0.2) is 17.9 Å². The van der Waals surface area contributed by atoms with Crippen LogP contribution < -0.4 is 20.1 Å². The monoisotopic (exact) mass is 363 g/mol. The van der Waals surface area contributed by atoms with Gasteiger partial charge < -0.3 is 15.4 Å². The maximum Gasteiger partial charge on any atom is 0.319 e. The molecule has 0 aliphatic carbocycles. The van der Waals surface area contributed by atoms with Crippen LogP contribution >= 0.6 is 0 Å². The van der Waals surface area contributed by atoms with Gasteiger partial charge in [-0.1, -0.05) is 24.3 Å². The summed E-state index contributed by atoms with van der Waals surface area (Å²) >= 11 is 0. The molecule has 0 bridgehead atoms. The van der Waals surface area contributed by atoms with Crippen molar-refractivity contribution in [3.63, 3.8) is 0 Å². The number of hydrogen-bond acceptors (Lipinski definition) is 5. The van der Waals surface area contributed by atoms with E-state index in [0.29, 0.717) is 0 Å². The Morgan fingerprint density at radius 3 is 2.32 bits per heavy atom. The molecule has 0 aromatic heterocycles. The largest absolute Gasteiger partial charge is 0.496 e. The molecule has 132 valence electrons. The third-order valence-corrected chi connectivity index (χ3v) is 4.62. The second-order valence-electron chi connectivity index (χ2n) is 4.84. The van der Waals surface area contributed by atoms with E-state index in [9.17, 15) is 18.0 Å². The number of urea groups is 1. The van der Waals surface area contributed by atoms with Crippen LogP contribution in [0.5, 0.6) is 5.75 Å². The molecule has 3 N–H and O–H groups in total. The molecule has 25 heavy (non-hydrogen) atoms. The fourth-order valence-corrected chi connectivity index (χ4v) is 3.18. The second kappa shape index (κ2) is 7.67. The highest BCUT2D eigenvalue weighted by molar-refractivity contribution is 7.90. The third kappa shape index (κ3) is 4.27. The molecule has 0 spiro atoms. The molecule has 0 unspecified atom stereocenters. The Kier molecular flexibility index (Phi) is 5.60. The number of nitrogens with one attached hydrogen (secondary N) is 3. The van der Waals surface area contributed by atoms with Crippen molar-refractivity contribution in [1.82, 2.24) is 10.0 Å². The Bertz CT molecular complexity index is 896. The molecule has 0 atom stereocenters. The first-order chi connectivity index (χ1) is 11.9. The molecule has 2 aromatic rings. The van der Waals surface area contributed by atoms with Crippen LogP contribution in [-0.4, -0.2) is 34.5 Å². The van der Waals surface area contributed by atoms with Crippen molar-refractivity contribution in [2.45, 2.75) is 4.90 Å². The molecule has 2 aromatic carbocycles. The van der Waals surface area contributed by atoms with Crippen molar-refractivity contribution in [2.75, 3.05) is 19.5 Å². The summed E-state index contributed by atoms with van der Waals surface area (Å²) in [6.45, 7) is 0. The van der Waals surface area contributed by atoms with E-state index in [1.165, 1.54) is 38.4 Å². The maximum absolute atomic E-state index is 12.6. The number of amides is 3. The number of ether oxygens (including phenoxy) is 1. The second-order valence-corrected chi connectivity index (χ2v) is 6.49. The normalized spacial score (nSPS) is 10.6. The SMILES string of the molecule is CNC(=O)Nc1ccccc1S(=O)(=O)NC(=O)c1ccccc1OC. The van der Waals surface area contributed by atoms with Crippen molar-refractivity contribution in [3.8, 4) is 5.75 Å². The van der Waals surface area contributed by atoms with Gasteiger partial charge in [0.25, 0.3) is 15.9 Å². The quantitative estimate of drug-likeness (QED) is 0.746. The zero-order valence-corrected chi connectivity index (χ0v) is 14.4. The number of benzene rings is 2. The van der Waals surface area contributed by atoms with Crippen LogP contribution in [0.15, 0.2) is 53.4 Å². The first-order valence-corrected chi connectivity index (χ1v) is 8.65. The highest BCUT2D eigenvalue weighted by Gasteiger charge is 2.24. The lowest BCUT2D eigenvalue weighted by Crippen LogP contribution is -2.32. The van der Waals surface area contributed by atoms with Gasteiger partial charge in [0, 0.05) is 7.05 Å². The molecule has 0 heterocycles. The van der Waals surface area contributed by atoms with Gasteiger partial charge in [0.05, 0.1) is 18.4 Å². The first-order valence-electron chi connectivity index (χ1n) is 7.17. The molecule has 0 aliphatic heterocycles. The zero-order chi connectivity index (χ0) is 18.4. The molecule has 0 radical (unpaired) electrons. The maximum atomic E-state index is 12.6. The van der Waals surface area contributed by atoms with E-state index in [1.54, 1.807) is 24.3 Å². The standard InChI is InChI=1S/C16H17N3O5S/c1-17-16(21)18-12-8-4-6-10-14(12)25(22,23)19-15(20)11-7-3-5-9-13(11)24-2/h3-10H,1-2H3,(H,19,20)(H2,17,18,21). The minimum absolute atomic E-state index is 0.0437. The fourth-order valence-electron chi connectivity index (χ4n) is 2.05. The van der Waals surface area contributed by atoms with Crippen LogP contribution in [0.1, 0.15) is 10.4 Å². The van der Waals surface area contributed by atoms with Crippen molar-refractivity contribution >= 4 is 27.6 Å². The Morgan fingerprint density at radius 2 is 1.64 bits per heavy atom. The average Bonchev–Trinajstić information content (AvgIpc) is 2.61. The Hall–Kier alpha value is -3.07. The lowest BCUT2D eigenvalue weighted by Gasteiger charge is -2.13. The number of anilines is 1. The topological polar surface area (TPSA) is 114 Å². The van der Waals surface area contributed by atoms with Gasteiger partial charge in [-0.15, -0.1) is 0 Å². The van der Waals surface area contributed by atoms with Crippen LogP contribution in [0, 0.1) is 0 Å². The van der Waals surface area contributed by atoms with Gasteiger partial charge in [0.1, 0.15) is 10.6 Å². The van der Waals surface area contributed by atoms with Crippen LogP contribution in [0.25, 0.3) is 0 Å². The van der Waals surface area contributed by atoms with Gasteiger partial charge in [-0.05, 0) is 24.3 Å². The minimum atomic E-state index is -4.21. The summed E-state index contributed by atoms with van der Waals surface area (Å²) in [4.78, 5) is 23.6. The lowest BCUT2D eigenvalue weighted by molar-refractivity contribution is 0.0978. The molecular formula is C16H17N3O5S. The van der Waals surface area contributed by atoms with Crippen molar-refractivity contribution < 1.29 is 22.7 Å². The molecule has 3 amide bonds. The van der Waals surface area contributed by atoms with Crippen LogP contribution in [0.3, 0.4) is 0 Å². The van der Waals surface area contributed by atoms with Gasteiger partial charge in [0.2, 0.25) is 0 Å². The summed E-state index contributed by atoms with van der Waals surface area (Å²) in [7, 11) is -1.44. The summed E-state index contributed by atoms with van der Waals surface area (Å²) in [6.07, 6.45) is 0. The highest BCUT2D eigenvalue weighted by Crippen LogP contribution is 2.22. The Labute approximate surface area is 145 Å². The molecule has 0 fully saturated rings. The van der Waals surface area contributed by atoms with E-state index >= 15 is 0 Å². The number of methoxy groups -OCH3 is 1. The third-order valence-electron chi connectivity index (χ3n) is 3.23. The first kappa shape index (κ1) is 18.3. The molecule has 0 saturated carbocycles. The van der Waals surface area contributed by atoms with E-state index in [1.807, 2.05) is 4.72 Å². The van der Waals surface area contributed by atoms with Gasteiger partial charge in [-0.2, -0.15) is 0 Å². The summed E-state index contributed by atoms with van der Waals surface area (Å²) in [6, 6.07) is 11.4. The molecule has 2 rings (SSSR count). The van der Waals surface area contributed by atoms with E-state index < -0.39 is 22.0 Å². The van der Waals surface area contributed by atoms with Crippen LogP contribution in [0.2, 0.25) is 0 Å². The van der Waals surface area contributed by atoms with Crippen LogP contribution in [0.4, 0.5) is 10.5 Å². The number of rotatable bonds is 5. The summed E-state index contributed by atoms with van der Waals surface area (Å²) in [5.41, 5.74) is 0.118. The smallest absolute Gasteiger partial charge is 0.319 e. The average molecular weight is 363 g/mol. The number of sulfonamides is 1. The Balaban J connectivity index is 2.34. The van der Waals surface area contributed by atoms with Gasteiger partial charge >= 0.3 is 6.03 Å². The molecule has 8 nitrogen and oxygen atoms in total. The molecular weight excluding hydrogens is 346 g/mol. The predicted molar refractivity (Wildman–Crippen MR) is 92.2 cm³/mol. The fraction of sp³-hybridized carbons (Fsp3) is 0.125. The van der Waals surface area contributed by atoms with Crippen LogP contribution in [-0.2, 0) is 10.0 Å². The van der Waals surface area contributed by atoms with Crippen molar-refractivity contribution in [1.29, 1.82) is 0 Å². The number of para-hydroxylation sites is 2. The minimum Gasteiger partial charge on any atom is -0.496 e. The van der Waals surface area contributed by atoms with Crippen molar-refractivity contribution in [2.24, 2.45) is 0 Å². The van der Waals surface area contributed by atoms with Gasteiger partial charge in [-0.3, -0.25) is 4.79 Å². The van der Waals surface area contributed by atoms with Crippen molar-refractivity contribution in [3.05, 3.63) is 54.1 Å². The van der Waals surface area contributed by atoms with E-state index in [2.05, 4.69) is 10.6 Å². The summed E-state index contributed by atoms with van der Waals surface area (Å²) in [5, 5.41) is 4.72. The van der Waals surface area contributed by atoms with E-state index in [4.69, 9.17) is 4.74 Å². The van der Waals surface area contributed by atoms with E-state index in [0.717, 1.165) is 0 Å². The predicted octanol–water partition coefficient (Wildman–Crippen LogP) is 1.57. The molecule has 9 heteroatoms. The summed E-state index contributed by atoms with van der Waals surface area (Å²) < 4.78 is 32.2.